The normalized spacial score (nSPS) is 19.6. The summed E-state index contributed by atoms with van der Waals surface area (Å²) in [5.41, 5.74) is 1.63. The molecule has 0 aliphatic carbocycles. The molecule has 3 rings (SSSR count). The minimum absolute atomic E-state index is 0.121. The van der Waals surface area contributed by atoms with Gasteiger partial charge >= 0.3 is 0 Å². The largest absolute Gasteiger partial charge is 0.493 e. The van der Waals surface area contributed by atoms with E-state index in [9.17, 15) is 9.59 Å². The number of nitrogens with zero attached hydrogens (tertiary/aromatic N) is 2. The van der Waals surface area contributed by atoms with E-state index in [1.165, 1.54) is 4.90 Å². The Kier molecular flexibility index (Phi) is 7.59. The summed E-state index contributed by atoms with van der Waals surface area (Å²) in [7, 11) is 3.13. The number of methoxy groups -OCH3 is 2. The molecule has 1 aromatic rings. The van der Waals surface area contributed by atoms with Gasteiger partial charge in [-0.3, -0.25) is 14.5 Å². The molecule has 0 radical (unpaired) electrons. The summed E-state index contributed by atoms with van der Waals surface area (Å²) in [6, 6.07) is 5.37. The van der Waals surface area contributed by atoms with Crippen molar-refractivity contribution in [2.45, 2.75) is 46.1 Å². The second-order valence-corrected chi connectivity index (χ2v) is 8.52. The number of hydrogen-bond acceptors (Lipinski definition) is 6. The van der Waals surface area contributed by atoms with Crippen LogP contribution < -0.4 is 9.47 Å². The van der Waals surface area contributed by atoms with E-state index in [-0.39, 0.29) is 17.9 Å². The average molecular weight is 431 g/mol. The molecule has 2 aliphatic heterocycles. The van der Waals surface area contributed by atoms with Crippen molar-refractivity contribution in [3.63, 3.8) is 0 Å². The van der Waals surface area contributed by atoms with E-state index >= 15 is 0 Å². The molecule has 1 atom stereocenters. The summed E-state index contributed by atoms with van der Waals surface area (Å²) in [5.74, 6) is 1.12. The molecular formula is C24H34N2O5. The molecule has 7 heteroatoms. The lowest BCUT2D eigenvalue weighted by atomic mass is 9.97. The highest BCUT2D eigenvalue weighted by Gasteiger charge is 2.42. The lowest BCUT2D eigenvalue weighted by Gasteiger charge is -2.33. The molecule has 2 amide bonds. The Morgan fingerprint density at radius 2 is 1.84 bits per heavy atom. The van der Waals surface area contributed by atoms with Crippen LogP contribution in [0.15, 0.2) is 23.9 Å². The number of ether oxygens (including phenoxy) is 3. The topological polar surface area (TPSA) is 68.3 Å². The zero-order valence-corrected chi connectivity index (χ0v) is 19.3. The minimum Gasteiger partial charge on any atom is -0.493 e. The van der Waals surface area contributed by atoms with Gasteiger partial charge in [-0.25, -0.2) is 0 Å². The Labute approximate surface area is 184 Å². The first kappa shape index (κ1) is 23.1. The van der Waals surface area contributed by atoms with E-state index in [0.29, 0.717) is 53.8 Å². The van der Waals surface area contributed by atoms with Gasteiger partial charge in [-0.2, -0.15) is 0 Å². The quantitative estimate of drug-likeness (QED) is 0.442. The average Bonchev–Trinajstić information content (AvgIpc) is 3.00. The van der Waals surface area contributed by atoms with E-state index in [0.717, 1.165) is 25.9 Å². The van der Waals surface area contributed by atoms with Crippen LogP contribution in [-0.2, 0) is 14.3 Å². The fourth-order valence-electron chi connectivity index (χ4n) is 4.25. The fraction of sp³-hybridized carbons (Fsp3) is 0.583. The summed E-state index contributed by atoms with van der Waals surface area (Å²) in [5, 5.41) is 0. The van der Waals surface area contributed by atoms with Crippen LogP contribution in [0.4, 0.5) is 0 Å². The van der Waals surface area contributed by atoms with Gasteiger partial charge in [-0.05, 0) is 56.7 Å². The zero-order chi connectivity index (χ0) is 22.5. The van der Waals surface area contributed by atoms with Crippen LogP contribution in [0, 0.1) is 5.92 Å². The number of carbonyl (C=O) groups excluding carboxylic acids is 2. The maximum Gasteiger partial charge on any atom is 0.277 e. The van der Waals surface area contributed by atoms with Crippen LogP contribution in [0.2, 0.25) is 0 Å². The van der Waals surface area contributed by atoms with Crippen LogP contribution in [0.1, 0.15) is 45.6 Å². The molecular weight excluding hydrogens is 396 g/mol. The minimum atomic E-state index is -0.255. The number of likely N-dealkylation sites (tertiary alicyclic amines) is 1. The van der Waals surface area contributed by atoms with Crippen molar-refractivity contribution in [1.29, 1.82) is 0 Å². The molecule has 31 heavy (non-hydrogen) atoms. The standard InChI is InChI=1S/C24H34N2O5/c1-16(2)31-13-7-12-26-23(27)21(18-9-10-19(29-4)20(14-18)30-5)22(24(26)28)25-11-6-8-17(3)15-25/h9-10,14,16-17H,6-8,11-13,15H2,1-5H3. The smallest absolute Gasteiger partial charge is 0.277 e. The molecule has 1 saturated heterocycles. The first-order chi connectivity index (χ1) is 14.9. The van der Waals surface area contributed by atoms with Crippen molar-refractivity contribution in [2.75, 3.05) is 40.5 Å². The molecule has 1 unspecified atom stereocenters. The number of carbonyl (C=O) groups is 2. The van der Waals surface area contributed by atoms with Crippen molar-refractivity contribution in [3.05, 3.63) is 29.5 Å². The fourth-order valence-corrected chi connectivity index (χ4v) is 4.25. The molecule has 7 nitrogen and oxygen atoms in total. The van der Waals surface area contributed by atoms with Gasteiger partial charge < -0.3 is 19.1 Å². The second kappa shape index (κ2) is 10.2. The summed E-state index contributed by atoms with van der Waals surface area (Å²) in [4.78, 5) is 30.3. The van der Waals surface area contributed by atoms with Crippen molar-refractivity contribution >= 4 is 17.4 Å². The second-order valence-electron chi connectivity index (χ2n) is 8.52. The number of piperidine rings is 1. The van der Waals surface area contributed by atoms with Crippen molar-refractivity contribution < 1.29 is 23.8 Å². The summed E-state index contributed by atoms with van der Waals surface area (Å²) in [6.07, 6.45) is 2.87. The number of benzene rings is 1. The highest BCUT2D eigenvalue weighted by Crippen LogP contribution is 2.37. The van der Waals surface area contributed by atoms with E-state index in [4.69, 9.17) is 14.2 Å². The van der Waals surface area contributed by atoms with Gasteiger partial charge in [0.05, 0.1) is 25.9 Å². The number of amides is 2. The van der Waals surface area contributed by atoms with Gasteiger partial charge in [0.25, 0.3) is 11.8 Å². The predicted octanol–water partition coefficient (Wildman–Crippen LogP) is 3.33. The molecule has 1 aromatic carbocycles. The molecule has 1 fully saturated rings. The predicted molar refractivity (Wildman–Crippen MR) is 119 cm³/mol. The lowest BCUT2D eigenvalue weighted by molar-refractivity contribution is -0.137. The van der Waals surface area contributed by atoms with Gasteiger partial charge in [-0.1, -0.05) is 13.0 Å². The Bertz CT molecular complexity index is 848. The Morgan fingerprint density at radius 1 is 1.10 bits per heavy atom. The number of rotatable bonds is 9. The van der Waals surface area contributed by atoms with Crippen LogP contribution in [0.5, 0.6) is 11.5 Å². The number of hydrogen-bond donors (Lipinski definition) is 0. The van der Waals surface area contributed by atoms with Gasteiger partial charge in [0.15, 0.2) is 11.5 Å². The number of imide groups is 1. The molecule has 170 valence electrons. The van der Waals surface area contributed by atoms with Crippen LogP contribution in [0.3, 0.4) is 0 Å². The van der Waals surface area contributed by atoms with E-state index < -0.39 is 0 Å². The molecule has 0 N–H and O–H groups in total. The Hall–Kier alpha value is -2.54. The molecule has 2 aliphatic rings. The van der Waals surface area contributed by atoms with Crippen molar-refractivity contribution in [2.24, 2.45) is 5.92 Å². The zero-order valence-electron chi connectivity index (χ0n) is 19.3. The molecule has 0 saturated carbocycles. The van der Waals surface area contributed by atoms with Crippen LogP contribution in [-0.4, -0.2) is 68.2 Å². The first-order valence-corrected chi connectivity index (χ1v) is 11.1. The molecule has 0 spiro atoms. The van der Waals surface area contributed by atoms with Crippen LogP contribution in [0.25, 0.3) is 5.57 Å². The summed E-state index contributed by atoms with van der Waals surface area (Å²) >= 11 is 0. The van der Waals surface area contributed by atoms with Gasteiger partial charge in [0.1, 0.15) is 5.70 Å². The van der Waals surface area contributed by atoms with Crippen molar-refractivity contribution in [3.8, 4) is 11.5 Å². The molecule has 0 bridgehead atoms. The van der Waals surface area contributed by atoms with Gasteiger partial charge in [-0.15, -0.1) is 0 Å². The highest BCUT2D eigenvalue weighted by molar-refractivity contribution is 6.35. The van der Waals surface area contributed by atoms with Gasteiger partial charge in [0, 0.05) is 26.2 Å². The highest BCUT2D eigenvalue weighted by atomic mass is 16.5. The Morgan fingerprint density at radius 3 is 2.48 bits per heavy atom. The van der Waals surface area contributed by atoms with E-state index in [2.05, 4.69) is 11.8 Å². The van der Waals surface area contributed by atoms with Crippen LogP contribution >= 0.6 is 0 Å². The summed E-state index contributed by atoms with van der Waals surface area (Å²) < 4.78 is 16.4. The lowest BCUT2D eigenvalue weighted by Crippen LogP contribution is -2.39. The third-order valence-corrected chi connectivity index (χ3v) is 5.77. The van der Waals surface area contributed by atoms with E-state index in [1.54, 1.807) is 26.4 Å². The van der Waals surface area contributed by atoms with Crippen molar-refractivity contribution in [1.82, 2.24) is 9.80 Å². The monoisotopic (exact) mass is 430 g/mol. The Balaban J connectivity index is 1.95. The third kappa shape index (κ3) is 5.03. The van der Waals surface area contributed by atoms with Gasteiger partial charge in [0.2, 0.25) is 0 Å². The maximum atomic E-state index is 13.4. The molecule has 2 heterocycles. The first-order valence-electron chi connectivity index (χ1n) is 11.1. The molecule has 0 aromatic heterocycles. The maximum absolute atomic E-state index is 13.4. The summed E-state index contributed by atoms with van der Waals surface area (Å²) in [6.45, 7) is 8.53. The third-order valence-electron chi connectivity index (χ3n) is 5.77. The van der Waals surface area contributed by atoms with E-state index in [1.807, 2.05) is 19.9 Å². The SMILES string of the molecule is COc1ccc(C2=C(N3CCCC(C)C3)C(=O)N(CCCOC(C)C)C2=O)cc1OC.